The number of benzene rings is 1. The van der Waals surface area contributed by atoms with Gasteiger partial charge in [0.1, 0.15) is 5.75 Å². The Kier molecular flexibility index (Phi) is 6.07. The normalized spacial score (nSPS) is 15.5. The quantitative estimate of drug-likeness (QED) is 0.902. The number of amides is 2. The molecule has 0 aliphatic carbocycles. The molecule has 6 heteroatoms. The number of carbonyl (C=O) groups is 2. The number of rotatable bonds is 5. The molecule has 120 valence electrons. The van der Waals surface area contributed by atoms with Crippen molar-refractivity contribution in [3.63, 3.8) is 0 Å². The average Bonchev–Trinajstić information content (AvgIpc) is 2.54. The van der Waals surface area contributed by atoms with Crippen LogP contribution < -0.4 is 10.1 Å². The van der Waals surface area contributed by atoms with Crippen LogP contribution in [-0.4, -0.2) is 43.0 Å². The molecule has 2 rings (SSSR count). The second-order valence-corrected chi connectivity index (χ2v) is 5.73. The van der Waals surface area contributed by atoms with Gasteiger partial charge in [0, 0.05) is 30.6 Å². The highest BCUT2D eigenvalue weighted by Gasteiger charge is 2.27. The highest BCUT2D eigenvalue weighted by Crippen LogP contribution is 2.18. The van der Waals surface area contributed by atoms with Crippen molar-refractivity contribution >= 4 is 23.4 Å². The van der Waals surface area contributed by atoms with Crippen LogP contribution in [0.3, 0.4) is 0 Å². The van der Waals surface area contributed by atoms with Crippen LogP contribution in [0.2, 0.25) is 5.02 Å². The molecule has 0 aromatic heterocycles. The van der Waals surface area contributed by atoms with E-state index >= 15 is 0 Å². The molecular formula is C16H21ClN2O3. The number of piperidine rings is 1. The van der Waals surface area contributed by atoms with Crippen LogP contribution in [0.25, 0.3) is 0 Å². The molecule has 0 unspecified atom stereocenters. The van der Waals surface area contributed by atoms with Crippen LogP contribution in [0.15, 0.2) is 24.3 Å². The summed E-state index contributed by atoms with van der Waals surface area (Å²) < 4.78 is 5.46. The number of nitrogens with one attached hydrogen (secondary N) is 1. The molecule has 1 aliphatic heterocycles. The topological polar surface area (TPSA) is 58.6 Å². The Labute approximate surface area is 135 Å². The third kappa shape index (κ3) is 4.63. The van der Waals surface area contributed by atoms with E-state index in [0.29, 0.717) is 43.2 Å². The van der Waals surface area contributed by atoms with E-state index < -0.39 is 0 Å². The Balaban J connectivity index is 1.75. The summed E-state index contributed by atoms with van der Waals surface area (Å²) in [6.45, 7) is 3.76. The first-order valence-corrected chi connectivity index (χ1v) is 7.91. The average molecular weight is 325 g/mol. The monoisotopic (exact) mass is 324 g/mol. The van der Waals surface area contributed by atoms with Gasteiger partial charge in [0.05, 0.1) is 0 Å². The minimum Gasteiger partial charge on any atom is -0.484 e. The Morgan fingerprint density at radius 1 is 1.27 bits per heavy atom. The fourth-order valence-electron chi connectivity index (χ4n) is 2.48. The number of ether oxygens (including phenoxy) is 1. The molecule has 1 fully saturated rings. The van der Waals surface area contributed by atoms with E-state index in [9.17, 15) is 9.59 Å². The van der Waals surface area contributed by atoms with Crippen molar-refractivity contribution in [1.29, 1.82) is 0 Å². The maximum absolute atomic E-state index is 12.1. The van der Waals surface area contributed by atoms with Crippen LogP contribution in [0.4, 0.5) is 0 Å². The zero-order valence-corrected chi connectivity index (χ0v) is 13.4. The van der Waals surface area contributed by atoms with Crippen LogP contribution in [0.5, 0.6) is 5.75 Å². The van der Waals surface area contributed by atoms with Crippen LogP contribution in [0.1, 0.15) is 19.8 Å². The summed E-state index contributed by atoms with van der Waals surface area (Å²) in [4.78, 5) is 25.6. The van der Waals surface area contributed by atoms with Crippen molar-refractivity contribution in [2.45, 2.75) is 19.8 Å². The summed E-state index contributed by atoms with van der Waals surface area (Å²) in [5.41, 5.74) is 0. The van der Waals surface area contributed by atoms with Gasteiger partial charge in [-0.1, -0.05) is 11.6 Å². The Morgan fingerprint density at radius 3 is 2.50 bits per heavy atom. The van der Waals surface area contributed by atoms with Crippen molar-refractivity contribution in [2.75, 3.05) is 26.2 Å². The van der Waals surface area contributed by atoms with Gasteiger partial charge in [0.25, 0.3) is 5.91 Å². The third-order valence-electron chi connectivity index (χ3n) is 3.75. The van der Waals surface area contributed by atoms with E-state index in [-0.39, 0.29) is 24.3 Å². The first-order valence-electron chi connectivity index (χ1n) is 7.54. The molecule has 1 aromatic rings. The van der Waals surface area contributed by atoms with Gasteiger partial charge in [-0.3, -0.25) is 9.59 Å². The summed E-state index contributed by atoms with van der Waals surface area (Å²) >= 11 is 5.79. The first-order chi connectivity index (χ1) is 10.6. The molecule has 22 heavy (non-hydrogen) atoms. The fraction of sp³-hybridized carbons (Fsp3) is 0.500. The van der Waals surface area contributed by atoms with E-state index in [2.05, 4.69) is 5.32 Å². The molecule has 1 aromatic carbocycles. The fourth-order valence-corrected chi connectivity index (χ4v) is 2.60. The van der Waals surface area contributed by atoms with Gasteiger partial charge in [0.15, 0.2) is 6.61 Å². The lowest BCUT2D eigenvalue weighted by atomic mass is 9.96. The lowest BCUT2D eigenvalue weighted by Crippen LogP contribution is -2.44. The second-order valence-electron chi connectivity index (χ2n) is 5.29. The van der Waals surface area contributed by atoms with Gasteiger partial charge in [0.2, 0.25) is 5.91 Å². The summed E-state index contributed by atoms with van der Waals surface area (Å²) in [6, 6.07) is 6.91. The van der Waals surface area contributed by atoms with E-state index in [1.165, 1.54) is 0 Å². The maximum Gasteiger partial charge on any atom is 0.260 e. The number of hydrogen-bond acceptors (Lipinski definition) is 3. The van der Waals surface area contributed by atoms with Gasteiger partial charge in [-0.15, -0.1) is 0 Å². The van der Waals surface area contributed by atoms with Crippen LogP contribution >= 0.6 is 11.6 Å². The molecule has 0 atom stereocenters. The predicted octanol–water partition coefficient (Wildman–Crippen LogP) is 2.09. The number of nitrogens with zero attached hydrogens (tertiary/aromatic N) is 1. The van der Waals surface area contributed by atoms with E-state index in [0.717, 1.165) is 0 Å². The molecule has 1 N–H and O–H groups in total. The Morgan fingerprint density at radius 2 is 1.91 bits per heavy atom. The molecule has 2 amide bonds. The van der Waals surface area contributed by atoms with Gasteiger partial charge in [-0.05, 0) is 44.0 Å². The number of likely N-dealkylation sites (tertiary alicyclic amines) is 1. The van der Waals surface area contributed by atoms with E-state index in [4.69, 9.17) is 16.3 Å². The van der Waals surface area contributed by atoms with Crippen LogP contribution in [-0.2, 0) is 9.59 Å². The number of hydrogen-bond donors (Lipinski definition) is 1. The summed E-state index contributed by atoms with van der Waals surface area (Å²) in [5, 5.41) is 3.46. The first kappa shape index (κ1) is 16.6. The Hall–Kier alpha value is -1.75. The highest BCUT2D eigenvalue weighted by atomic mass is 35.5. The number of halogens is 1. The summed E-state index contributed by atoms with van der Waals surface area (Å²) in [7, 11) is 0. The van der Waals surface area contributed by atoms with Gasteiger partial charge < -0.3 is 15.0 Å². The zero-order valence-electron chi connectivity index (χ0n) is 12.7. The standard InChI is InChI=1S/C16H21ClN2O3/c1-2-18-16(21)12-7-9-19(10-8-12)15(20)11-22-14-5-3-13(17)4-6-14/h3-6,12H,2,7-11H2,1H3,(H,18,21). The van der Waals surface area contributed by atoms with Gasteiger partial charge in [-0.25, -0.2) is 0 Å². The maximum atomic E-state index is 12.1. The molecule has 0 spiro atoms. The molecular weight excluding hydrogens is 304 g/mol. The largest absolute Gasteiger partial charge is 0.484 e. The SMILES string of the molecule is CCNC(=O)C1CCN(C(=O)COc2ccc(Cl)cc2)CC1. The molecule has 1 heterocycles. The van der Waals surface area contributed by atoms with Gasteiger partial charge >= 0.3 is 0 Å². The van der Waals surface area contributed by atoms with Crippen molar-refractivity contribution in [1.82, 2.24) is 10.2 Å². The van der Waals surface area contributed by atoms with E-state index in [1.807, 2.05) is 6.92 Å². The smallest absolute Gasteiger partial charge is 0.260 e. The van der Waals surface area contributed by atoms with Crippen molar-refractivity contribution in [3.05, 3.63) is 29.3 Å². The lowest BCUT2D eigenvalue weighted by molar-refractivity contribution is -0.137. The predicted molar refractivity (Wildman–Crippen MR) is 84.9 cm³/mol. The van der Waals surface area contributed by atoms with Crippen molar-refractivity contribution in [2.24, 2.45) is 5.92 Å². The minimum absolute atomic E-state index is 0.00740. The van der Waals surface area contributed by atoms with Crippen molar-refractivity contribution < 1.29 is 14.3 Å². The molecule has 0 bridgehead atoms. The second kappa shape index (κ2) is 8.03. The van der Waals surface area contributed by atoms with Crippen LogP contribution in [0, 0.1) is 5.92 Å². The summed E-state index contributed by atoms with van der Waals surface area (Å²) in [6.07, 6.45) is 1.41. The number of carbonyl (C=O) groups excluding carboxylic acids is 2. The molecule has 0 saturated carbocycles. The zero-order chi connectivity index (χ0) is 15.9. The molecule has 5 nitrogen and oxygen atoms in total. The highest BCUT2D eigenvalue weighted by molar-refractivity contribution is 6.30. The summed E-state index contributed by atoms with van der Waals surface area (Å²) in [5.74, 6) is 0.674. The minimum atomic E-state index is -0.0516. The molecule has 0 radical (unpaired) electrons. The van der Waals surface area contributed by atoms with Crippen molar-refractivity contribution in [3.8, 4) is 5.75 Å². The molecule has 1 aliphatic rings. The van der Waals surface area contributed by atoms with Gasteiger partial charge in [-0.2, -0.15) is 0 Å². The Bertz CT molecular complexity index is 511. The van der Waals surface area contributed by atoms with E-state index in [1.54, 1.807) is 29.2 Å². The molecule has 1 saturated heterocycles. The lowest BCUT2D eigenvalue weighted by Gasteiger charge is -2.31. The third-order valence-corrected chi connectivity index (χ3v) is 4.00.